The quantitative estimate of drug-likeness (QED) is 0.299. The SMILES string of the molecule is C=CCCCCCCCC(=O)OCCCC. The van der Waals surface area contributed by atoms with Crippen molar-refractivity contribution in [2.45, 2.75) is 64.7 Å². The molecule has 0 saturated heterocycles. The lowest BCUT2D eigenvalue weighted by molar-refractivity contribution is -0.143. The minimum atomic E-state index is -0.0282. The van der Waals surface area contributed by atoms with Gasteiger partial charge in [-0.25, -0.2) is 0 Å². The normalized spacial score (nSPS) is 10.1. The maximum absolute atomic E-state index is 11.2. The zero-order chi connectivity index (χ0) is 12.1. The van der Waals surface area contributed by atoms with Crippen LogP contribution in [0.4, 0.5) is 0 Å². The lowest BCUT2D eigenvalue weighted by Crippen LogP contribution is -2.05. The van der Waals surface area contributed by atoms with E-state index in [1.54, 1.807) is 0 Å². The van der Waals surface area contributed by atoms with Gasteiger partial charge in [0.1, 0.15) is 0 Å². The summed E-state index contributed by atoms with van der Waals surface area (Å²) >= 11 is 0. The fraction of sp³-hybridized carbons (Fsp3) is 0.786. The molecule has 2 nitrogen and oxygen atoms in total. The summed E-state index contributed by atoms with van der Waals surface area (Å²) in [4.78, 5) is 11.2. The molecule has 0 aromatic carbocycles. The summed E-state index contributed by atoms with van der Waals surface area (Å²) in [6, 6.07) is 0. The van der Waals surface area contributed by atoms with Gasteiger partial charge >= 0.3 is 5.97 Å². The molecular formula is C14H26O2. The third-order valence-electron chi connectivity index (χ3n) is 2.55. The first kappa shape index (κ1) is 15.2. The second-order valence-corrected chi connectivity index (χ2v) is 4.17. The average molecular weight is 226 g/mol. The van der Waals surface area contributed by atoms with Gasteiger partial charge in [0.15, 0.2) is 0 Å². The van der Waals surface area contributed by atoms with Crippen LogP contribution in [0.2, 0.25) is 0 Å². The van der Waals surface area contributed by atoms with Gasteiger partial charge in [0, 0.05) is 6.42 Å². The third kappa shape index (κ3) is 11.3. The Morgan fingerprint density at radius 1 is 1.12 bits per heavy atom. The molecule has 0 aromatic heterocycles. The number of unbranched alkanes of at least 4 members (excludes halogenated alkanes) is 6. The van der Waals surface area contributed by atoms with E-state index >= 15 is 0 Å². The van der Waals surface area contributed by atoms with Crippen LogP contribution in [-0.4, -0.2) is 12.6 Å². The summed E-state index contributed by atoms with van der Waals surface area (Å²) in [6.07, 6.45) is 11.5. The van der Waals surface area contributed by atoms with E-state index in [1.807, 2.05) is 6.08 Å². The van der Waals surface area contributed by atoms with E-state index in [4.69, 9.17) is 4.74 Å². The van der Waals surface area contributed by atoms with E-state index in [0.717, 1.165) is 32.1 Å². The highest BCUT2D eigenvalue weighted by molar-refractivity contribution is 5.69. The second-order valence-electron chi connectivity index (χ2n) is 4.17. The van der Waals surface area contributed by atoms with Crippen LogP contribution in [0.25, 0.3) is 0 Å². The number of esters is 1. The Labute approximate surface area is 100 Å². The van der Waals surface area contributed by atoms with Gasteiger partial charge < -0.3 is 4.74 Å². The highest BCUT2D eigenvalue weighted by Gasteiger charge is 2.01. The van der Waals surface area contributed by atoms with Crippen LogP contribution in [-0.2, 0) is 9.53 Å². The molecule has 0 aromatic rings. The van der Waals surface area contributed by atoms with Crippen molar-refractivity contribution in [2.24, 2.45) is 0 Å². The van der Waals surface area contributed by atoms with E-state index in [2.05, 4.69) is 13.5 Å². The first-order valence-corrected chi connectivity index (χ1v) is 6.57. The van der Waals surface area contributed by atoms with E-state index in [-0.39, 0.29) is 5.97 Å². The Morgan fingerprint density at radius 3 is 2.50 bits per heavy atom. The maximum atomic E-state index is 11.2. The Balaban J connectivity index is 3.12. The molecule has 16 heavy (non-hydrogen) atoms. The predicted molar refractivity (Wildman–Crippen MR) is 68.4 cm³/mol. The molecule has 0 aliphatic carbocycles. The van der Waals surface area contributed by atoms with Gasteiger partial charge in [0.2, 0.25) is 0 Å². The van der Waals surface area contributed by atoms with Crippen LogP contribution >= 0.6 is 0 Å². The van der Waals surface area contributed by atoms with E-state index in [0.29, 0.717) is 13.0 Å². The highest BCUT2D eigenvalue weighted by atomic mass is 16.5. The average Bonchev–Trinajstić information content (AvgIpc) is 2.28. The Hall–Kier alpha value is -0.790. The Kier molecular flexibility index (Phi) is 11.7. The Bertz CT molecular complexity index is 176. The number of hydrogen-bond acceptors (Lipinski definition) is 2. The summed E-state index contributed by atoms with van der Waals surface area (Å²) in [5.74, 6) is -0.0282. The molecular weight excluding hydrogens is 200 g/mol. The molecule has 0 heterocycles. The molecule has 0 radical (unpaired) electrons. The number of ether oxygens (including phenoxy) is 1. The second kappa shape index (κ2) is 12.3. The summed E-state index contributed by atoms with van der Waals surface area (Å²) in [7, 11) is 0. The molecule has 0 amide bonds. The fourth-order valence-electron chi connectivity index (χ4n) is 1.49. The molecule has 94 valence electrons. The molecule has 0 bridgehead atoms. The molecule has 0 aliphatic rings. The molecule has 0 fully saturated rings. The summed E-state index contributed by atoms with van der Waals surface area (Å²) in [6.45, 7) is 6.38. The van der Waals surface area contributed by atoms with E-state index < -0.39 is 0 Å². The van der Waals surface area contributed by atoms with Crippen molar-refractivity contribution in [3.8, 4) is 0 Å². The van der Waals surface area contributed by atoms with Gasteiger partial charge in [-0.05, 0) is 25.7 Å². The molecule has 0 spiro atoms. The van der Waals surface area contributed by atoms with Crippen LogP contribution in [0.5, 0.6) is 0 Å². The summed E-state index contributed by atoms with van der Waals surface area (Å²) in [5, 5.41) is 0. The number of rotatable bonds is 11. The summed E-state index contributed by atoms with van der Waals surface area (Å²) < 4.78 is 5.08. The van der Waals surface area contributed by atoms with Gasteiger partial charge in [-0.15, -0.1) is 6.58 Å². The smallest absolute Gasteiger partial charge is 0.305 e. The van der Waals surface area contributed by atoms with Crippen molar-refractivity contribution in [2.75, 3.05) is 6.61 Å². The van der Waals surface area contributed by atoms with Gasteiger partial charge in [-0.2, -0.15) is 0 Å². The number of carbonyl (C=O) groups is 1. The van der Waals surface area contributed by atoms with Crippen LogP contribution in [0.15, 0.2) is 12.7 Å². The van der Waals surface area contributed by atoms with Crippen LogP contribution in [0.3, 0.4) is 0 Å². The van der Waals surface area contributed by atoms with Gasteiger partial charge in [0.25, 0.3) is 0 Å². The summed E-state index contributed by atoms with van der Waals surface area (Å²) in [5.41, 5.74) is 0. The van der Waals surface area contributed by atoms with Crippen molar-refractivity contribution in [3.05, 3.63) is 12.7 Å². The van der Waals surface area contributed by atoms with Crippen molar-refractivity contribution < 1.29 is 9.53 Å². The van der Waals surface area contributed by atoms with E-state index in [1.165, 1.54) is 19.3 Å². The topological polar surface area (TPSA) is 26.3 Å². The largest absolute Gasteiger partial charge is 0.466 e. The van der Waals surface area contributed by atoms with Crippen molar-refractivity contribution in [1.29, 1.82) is 0 Å². The molecule has 0 atom stereocenters. The highest BCUT2D eigenvalue weighted by Crippen LogP contribution is 2.08. The number of allylic oxidation sites excluding steroid dienone is 1. The van der Waals surface area contributed by atoms with Crippen LogP contribution in [0.1, 0.15) is 64.7 Å². The lowest BCUT2D eigenvalue weighted by atomic mass is 10.1. The lowest BCUT2D eigenvalue weighted by Gasteiger charge is -2.03. The molecule has 0 N–H and O–H groups in total. The predicted octanol–water partition coefficient (Wildman–Crippen LogP) is 4.25. The molecule has 0 unspecified atom stereocenters. The molecule has 2 heteroatoms. The fourth-order valence-corrected chi connectivity index (χ4v) is 1.49. The standard InChI is InChI=1S/C14H26O2/c1-3-5-7-8-9-10-11-12-14(15)16-13-6-4-2/h3H,1,4-13H2,2H3. The third-order valence-corrected chi connectivity index (χ3v) is 2.55. The van der Waals surface area contributed by atoms with Crippen molar-refractivity contribution >= 4 is 5.97 Å². The first-order chi connectivity index (χ1) is 7.81. The van der Waals surface area contributed by atoms with Crippen molar-refractivity contribution in [1.82, 2.24) is 0 Å². The molecule has 0 saturated carbocycles. The monoisotopic (exact) mass is 226 g/mol. The first-order valence-electron chi connectivity index (χ1n) is 6.57. The minimum absolute atomic E-state index is 0.0282. The van der Waals surface area contributed by atoms with E-state index in [9.17, 15) is 4.79 Å². The molecule has 0 rings (SSSR count). The molecule has 0 aliphatic heterocycles. The number of hydrogen-bond donors (Lipinski definition) is 0. The van der Waals surface area contributed by atoms with Crippen LogP contribution < -0.4 is 0 Å². The van der Waals surface area contributed by atoms with Gasteiger partial charge in [-0.1, -0.05) is 38.7 Å². The van der Waals surface area contributed by atoms with Gasteiger partial charge in [-0.3, -0.25) is 4.79 Å². The maximum Gasteiger partial charge on any atom is 0.305 e. The van der Waals surface area contributed by atoms with Crippen molar-refractivity contribution in [3.63, 3.8) is 0 Å². The van der Waals surface area contributed by atoms with Crippen LogP contribution in [0, 0.1) is 0 Å². The zero-order valence-corrected chi connectivity index (χ0v) is 10.7. The minimum Gasteiger partial charge on any atom is -0.466 e. The zero-order valence-electron chi connectivity index (χ0n) is 10.7. The number of carbonyl (C=O) groups excluding carboxylic acids is 1. The Morgan fingerprint density at radius 2 is 1.81 bits per heavy atom. The van der Waals surface area contributed by atoms with Gasteiger partial charge in [0.05, 0.1) is 6.61 Å².